The van der Waals surface area contributed by atoms with E-state index in [0.717, 1.165) is 25.9 Å². The number of hydrogen-bond acceptors (Lipinski definition) is 3. The first kappa shape index (κ1) is 7.98. The van der Waals surface area contributed by atoms with E-state index in [0.29, 0.717) is 0 Å². The zero-order valence-electron chi connectivity index (χ0n) is 6.48. The maximum Gasteiger partial charge on any atom is 0.0614 e. The van der Waals surface area contributed by atoms with Gasteiger partial charge in [-0.2, -0.15) is 0 Å². The Balaban J connectivity index is 2.44. The van der Waals surface area contributed by atoms with Crippen LogP contribution in [0.3, 0.4) is 0 Å². The van der Waals surface area contributed by atoms with E-state index < -0.39 is 0 Å². The van der Waals surface area contributed by atoms with Gasteiger partial charge in [0, 0.05) is 5.54 Å². The minimum atomic E-state index is 0.00521. The van der Waals surface area contributed by atoms with Crippen molar-refractivity contribution in [2.24, 2.45) is 0 Å². The molecule has 1 rings (SSSR count). The van der Waals surface area contributed by atoms with Gasteiger partial charge in [-0.05, 0) is 33.0 Å². The highest BCUT2D eigenvalue weighted by Crippen LogP contribution is 2.15. The van der Waals surface area contributed by atoms with Gasteiger partial charge in [0.15, 0.2) is 0 Å². The normalized spacial score (nSPS) is 24.6. The molecule has 1 aliphatic rings. The Morgan fingerprint density at radius 1 is 1.50 bits per heavy atom. The van der Waals surface area contributed by atoms with E-state index in [1.807, 2.05) is 7.05 Å². The van der Waals surface area contributed by atoms with Gasteiger partial charge in [0.05, 0.1) is 6.61 Å². The van der Waals surface area contributed by atoms with Gasteiger partial charge in [-0.1, -0.05) is 0 Å². The molecule has 0 aliphatic carbocycles. The summed E-state index contributed by atoms with van der Waals surface area (Å²) in [4.78, 5) is 0. The second-order valence-electron chi connectivity index (χ2n) is 2.94. The number of aliphatic hydroxyl groups is 1. The van der Waals surface area contributed by atoms with Crippen LogP contribution in [0.5, 0.6) is 0 Å². The maximum absolute atomic E-state index is 9.05. The largest absolute Gasteiger partial charge is 0.394 e. The second kappa shape index (κ2) is 3.32. The Morgan fingerprint density at radius 2 is 2.10 bits per heavy atom. The van der Waals surface area contributed by atoms with Crippen molar-refractivity contribution >= 4 is 0 Å². The Labute approximate surface area is 61.8 Å². The van der Waals surface area contributed by atoms with Gasteiger partial charge in [-0.15, -0.1) is 0 Å². The summed E-state index contributed by atoms with van der Waals surface area (Å²) >= 11 is 0. The molecule has 1 fully saturated rings. The molecule has 1 heterocycles. The lowest BCUT2D eigenvalue weighted by molar-refractivity contribution is 0.135. The third kappa shape index (κ3) is 1.48. The van der Waals surface area contributed by atoms with Gasteiger partial charge in [0.2, 0.25) is 0 Å². The summed E-state index contributed by atoms with van der Waals surface area (Å²) in [5.74, 6) is 0. The van der Waals surface area contributed by atoms with Gasteiger partial charge in [-0.3, -0.25) is 0 Å². The van der Waals surface area contributed by atoms with Crippen LogP contribution >= 0.6 is 0 Å². The van der Waals surface area contributed by atoms with Crippen LogP contribution in [0.2, 0.25) is 0 Å². The molecule has 0 radical (unpaired) electrons. The van der Waals surface area contributed by atoms with Crippen molar-refractivity contribution in [3.05, 3.63) is 0 Å². The summed E-state index contributed by atoms with van der Waals surface area (Å²) in [6.45, 7) is 2.29. The van der Waals surface area contributed by atoms with Crippen LogP contribution in [0.25, 0.3) is 0 Å². The number of piperidine rings is 1. The molecule has 0 unspecified atom stereocenters. The molecule has 0 bridgehead atoms. The third-order valence-electron chi connectivity index (χ3n) is 2.39. The Kier molecular flexibility index (Phi) is 2.65. The predicted molar refractivity (Wildman–Crippen MR) is 41.0 cm³/mol. The lowest BCUT2D eigenvalue weighted by atomic mass is 9.90. The molecule has 0 spiro atoms. The van der Waals surface area contributed by atoms with E-state index in [9.17, 15) is 0 Å². The lowest BCUT2D eigenvalue weighted by Gasteiger charge is -2.35. The molecule has 0 saturated carbocycles. The van der Waals surface area contributed by atoms with Crippen LogP contribution in [0, 0.1) is 0 Å². The molecular formula is C7H16N2O. The number of likely N-dealkylation sites (N-methyl/N-ethyl adjacent to an activating group) is 1. The van der Waals surface area contributed by atoms with Crippen LogP contribution in [0.4, 0.5) is 0 Å². The van der Waals surface area contributed by atoms with Crippen molar-refractivity contribution < 1.29 is 5.11 Å². The van der Waals surface area contributed by atoms with Gasteiger partial charge >= 0.3 is 0 Å². The van der Waals surface area contributed by atoms with Crippen molar-refractivity contribution in [3.8, 4) is 0 Å². The first-order valence-electron chi connectivity index (χ1n) is 3.83. The zero-order valence-corrected chi connectivity index (χ0v) is 6.48. The Bertz CT molecular complexity index is 93.8. The van der Waals surface area contributed by atoms with Crippen molar-refractivity contribution in [2.75, 3.05) is 26.7 Å². The first-order chi connectivity index (χ1) is 4.83. The van der Waals surface area contributed by atoms with Crippen LogP contribution in [-0.2, 0) is 0 Å². The van der Waals surface area contributed by atoms with Crippen molar-refractivity contribution in [2.45, 2.75) is 18.4 Å². The van der Waals surface area contributed by atoms with Crippen LogP contribution in [0.1, 0.15) is 12.8 Å². The van der Waals surface area contributed by atoms with Crippen LogP contribution < -0.4 is 10.6 Å². The minimum Gasteiger partial charge on any atom is -0.394 e. The number of aliphatic hydroxyl groups excluding tert-OH is 1. The van der Waals surface area contributed by atoms with Gasteiger partial charge < -0.3 is 15.7 Å². The summed E-state index contributed by atoms with van der Waals surface area (Å²) in [5, 5.41) is 15.5. The quantitative estimate of drug-likeness (QED) is 0.481. The highest BCUT2D eigenvalue weighted by molar-refractivity contribution is 4.90. The number of nitrogens with one attached hydrogen (secondary N) is 2. The molecule has 10 heavy (non-hydrogen) atoms. The van der Waals surface area contributed by atoms with Crippen molar-refractivity contribution in [1.29, 1.82) is 0 Å². The van der Waals surface area contributed by atoms with E-state index in [4.69, 9.17) is 5.11 Å². The fourth-order valence-corrected chi connectivity index (χ4v) is 1.39. The summed E-state index contributed by atoms with van der Waals surface area (Å²) in [7, 11) is 1.92. The van der Waals surface area contributed by atoms with E-state index in [-0.39, 0.29) is 12.1 Å². The van der Waals surface area contributed by atoms with Gasteiger partial charge in [0.1, 0.15) is 0 Å². The summed E-state index contributed by atoms with van der Waals surface area (Å²) in [6.07, 6.45) is 2.06. The Morgan fingerprint density at radius 3 is 2.40 bits per heavy atom. The number of hydrogen-bond donors (Lipinski definition) is 3. The average Bonchev–Trinajstić information content (AvgIpc) is 2.06. The second-order valence-corrected chi connectivity index (χ2v) is 2.94. The molecule has 0 amide bonds. The SMILES string of the molecule is CNC1(CO)CCNCC1. The average molecular weight is 144 g/mol. The molecule has 3 heteroatoms. The summed E-state index contributed by atoms with van der Waals surface area (Å²) < 4.78 is 0. The van der Waals surface area contributed by atoms with Gasteiger partial charge in [0.25, 0.3) is 0 Å². The van der Waals surface area contributed by atoms with Crippen LogP contribution in [0.15, 0.2) is 0 Å². The van der Waals surface area contributed by atoms with E-state index in [1.165, 1.54) is 0 Å². The Hall–Kier alpha value is -0.120. The van der Waals surface area contributed by atoms with E-state index in [2.05, 4.69) is 10.6 Å². The fraction of sp³-hybridized carbons (Fsp3) is 1.00. The first-order valence-corrected chi connectivity index (χ1v) is 3.83. The third-order valence-corrected chi connectivity index (χ3v) is 2.39. The molecule has 60 valence electrons. The lowest BCUT2D eigenvalue weighted by Crippen LogP contribution is -2.53. The van der Waals surface area contributed by atoms with Crippen molar-refractivity contribution in [1.82, 2.24) is 10.6 Å². The molecule has 1 saturated heterocycles. The molecule has 0 aromatic rings. The fourth-order valence-electron chi connectivity index (χ4n) is 1.39. The van der Waals surface area contributed by atoms with Crippen LogP contribution in [-0.4, -0.2) is 37.4 Å². The molecule has 1 aliphatic heterocycles. The number of rotatable bonds is 2. The molecule has 3 N–H and O–H groups in total. The summed E-state index contributed by atoms with van der Waals surface area (Å²) in [5.41, 5.74) is 0.00521. The highest BCUT2D eigenvalue weighted by atomic mass is 16.3. The standard InChI is InChI=1S/C7H16N2O/c1-8-7(6-10)2-4-9-5-3-7/h8-10H,2-6H2,1H3. The predicted octanol–water partition coefficient (Wildman–Crippen LogP) is -0.680. The molecule has 3 nitrogen and oxygen atoms in total. The zero-order chi connectivity index (χ0) is 7.45. The monoisotopic (exact) mass is 144 g/mol. The topological polar surface area (TPSA) is 44.3 Å². The molecule has 0 aromatic carbocycles. The summed E-state index contributed by atoms with van der Waals surface area (Å²) in [6, 6.07) is 0. The molecule has 0 atom stereocenters. The van der Waals surface area contributed by atoms with Gasteiger partial charge in [-0.25, -0.2) is 0 Å². The smallest absolute Gasteiger partial charge is 0.0614 e. The molecular weight excluding hydrogens is 128 g/mol. The maximum atomic E-state index is 9.05. The highest BCUT2D eigenvalue weighted by Gasteiger charge is 2.28. The van der Waals surface area contributed by atoms with Crippen molar-refractivity contribution in [3.63, 3.8) is 0 Å². The van der Waals surface area contributed by atoms with E-state index >= 15 is 0 Å². The van der Waals surface area contributed by atoms with E-state index in [1.54, 1.807) is 0 Å². The minimum absolute atomic E-state index is 0.00521. The molecule has 0 aromatic heterocycles.